The Morgan fingerprint density at radius 2 is 0.938 bits per heavy atom. The van der Waals surface area contributed by atoms with Crippen molar-refractivity contribution in [3.8, 4) is 0 Å². The number of carbonyl (C=O) groups is 2. The monoisotopic (exact) mass is 907 g/mol. The number of esters is 2. The highest BCUT2D eigenvalue weighted by Crippen LogP contribution is 2.26. The summed E-state index contributed by atoms with van der Waals surface area (Å²) in [5.41, 5.74) is 0. The number of ether oxygens (including phenoxy) is 6. The number of aliphatic hydroxyl groups excluding tert-OH is 7. The normalized spacial score (nSPS) is 27.4. The predicted molar refractivity (Wildman–Crippen MR) is 242 cm³/mol. The van der Waals surface area contributed by atoms with E-state index in [1.54, 1.807) is 0 Å². The van der Waals surface area contributed by atoms with Gasteiger partial charge in [-0.1, -0.05) is 137 Å². The lowest BCUT2D eigenvalue weighted by atomic mass is 9.98. The molecule has 0 spiro atoms. The number of allylic oxidation sites excluding steroid dienone is 14. The topological polar surface area (TPSA) is 231 Å². The van der Waals surface area contributed by atoms with Crippen molar-refractivity contribution in [1.29, 1.82) is 0 Å². The van der Waals surface area contributed by atoms with Crippen molar-refractivity contribution in [3.63, 3.8) is 0 Å². The van der Waals surface area contributed by atoms with E-state index in [1.807, 2.05) is 60.8 Å². The van der Waals surface area contributed by atoms with Gasteiger partial charge in [0.25, 0.3) is 0 Å². The highest BCUT2D eigenvalue weighted by molar-refractivity contribution is 5.70. The zero-order valence-electron chi connectivity index (χ0n) is 38.0. The quantitative estimate of drug-likeness (QED) is 0.0253. The molecular formula is C49H78O15. The van der Waals surface area contributed by atoms with Crippen LogP contribution in [0.15, 0.2) is 85.1 Å². The molecule has 0 amide bonds. The first-order valence-electron chi connectivity index (χ1n) is 23.3. The first kappa shape index (κ1) is 56.8. The van der Waals surface area contributed by atoms with E-state index in [-0.39, 0.29) is 19.4 Å². The van der Waals surface area contributed by atoms with Crippen LogP contribution in [-0.4, -0.2) is 142 Å². The van der Waals surface area contributed by atoms with Gasteiger partial charge >= 0.3 is 11.9 Å². The van der Waals surface area contributed by atoms with Crippen molar-refractivity contribution < 1.29 is 73.8 Å². The van der Waals surface area contributed by atoms with Crippen LogP contribution >= 0.6 is 0 Å². The maximum absolute atomic E-state index is 12.9. The van der Waals surface area contributed by atoms with Gasteiger partial charge in [-0.05, 0) is 51.4 Å². The molecule has 0 aromatic carbocycles. The zero-order chi connectivity index (χ0) is 46.8. The third kappa shape index (κ3) is 24.3. The number of rotatable bonds is 33. The minimum Gasteiger partial charge on any atom is -0.462 e. The SMILES string of the molecule is CC/C=C/C=C/C=C/C=C/CCCCCCCC(=O)OCC(CO[C@@H]1O[C@H](CO[C@@H]2O[C@H](CO)[C@H](O)C(O)C2O)[C@H](O)C(O)C1O)OC(=O)CCCCCCC/C=C/C=C/C=C/CC. The summed E-state index contributed by atoms with van der Waals surface area (Å²) in [6.07, 6.45) is 24.8. The minimum absolute atomic E-state index is 0.131. The summed E-state index contributed by atoms with van der Waals surface area (Å²) in [5.74, 6) is -0.988. The van der Waals surface area contributed by atoms with E-state index in [9.17, 15) is 45.3 Å². The second-order valence-electron chi connectivity index (χ2n) is 16.0. The molecule has 7 N–H and O–H groups in total. The maximum Gasteiger partial charge on any atom is 0.306 e. The van der Waals surface area contributed by atoms with Gasteiger partial charge in [-0.25, -0.2) is 0 Å². The average molecular weight is 907 g/mol. The molecule has 0 bridgehead atoms. The number of aliphatic hydroxyl groups is 7. The molecule has 2 rings (SSSR count). The summed E-state index contributed by atoms with van der Waals surface area (Å²) in [4.78, 5) is 25.6. The molecule has 0 saturated carbocycles. The molecule has 364 valence electrons. The minimum atomic E-state index is -1.78. The van der Waals surface area contributed by atoms with Crippen molar-refractivity contribution in [2.45, 2.75) is 184 Å². The summed E-state index contributed by atoms with van der Waals surface area (Å²) in [7, 11) is 0. The molecule has 64 heavy (non-hydrogen) atoms. The van der Waals surface area contributed by atoms with Crippen LogP contribution in [0.4, 0.5) is 0 Å². The number of hydrogen-bond donors (Lipinski definition) is 7. The van der Waals surface area contributed by atoms with Crippen LogP contribution in [0.25, 0.3) is 0 Å². The van der Waals surface area contributed by atoms with Gasteiger partial charge in [-0.15, -0.1) is 0 Å². The third-order valence-corrected chi connectivity index (χ3v) is 10.5. The number of hydrogen-bond acceptors (Lipinski definition) is 15. The highest BCUT2D eigenvalue weighted by atomic mass is 16.7. The first-order chi connectivity index (χ1) is 31.0. The summed E-state index contributed by atoms with van der Waals surface area (Å²) in [5, 5.41) is 71.9. The molecule has 15 heteroatoms. The van der Waals surface area contributed by atoms with Gasteiger partial charge in [-0.3, -0.25) is 9.59 Å². The van der Waals surface area contributed by atoms with Crippen LogP contribution in [0.2, 0.25) is 0 Å². The summed E-state index contributed by atoms with van der Waals surface area (Å²) >= 11 is 0. The van der Waals surface area contributed by atoms with Crippen LogP contribution in [0.5, 0.6) is 0 Å². The van der Waals surface area contributed by atoms with Crippen molar-refractivity contribution in [2.75, 3.05) is 26.4 Å². The molecule has 0 radical (unpaired) electrons. The standard InChI is InChI=1S/C49H78O15/c1-3-5-7-9-11-13-15-17-18-20-21-23-25-27-29-31-40(51)59-34-37(62-41(52)32-30-28-26-24-22-19-16-14-12-10-8-6-4-2)35-60-48-47(58)45(56)43(54)39(64-48)36-61-49-46(57)44(55)42(53)38(33-50)63-49/h5-18,37-39,42-50,53-58H,3-4,19-36H2,1-2H3/b7-5+,8-6+,11-9+,12-10+,15-13+,16-14+,18-17+/t37?,38-,39-,42+,43+,44?,45?,46?,47?,48-,49-/m1/s1. The zero-order valence-corrected chi connectivity index (χ0v) is 38.0. The first-order valence-corrected chi connectivity index (χ1v) is 23.3. The van der Waals surface area contributed by atoms with Gasteiger partial charge in [0.15, 0.2) is 18.7 Å². The molecular weight excluding hydrogens is 829 g/mol. The van der Waals surface area contributed by atoms with Gasteiger partial charge in [0.05, 0.1) is 19.8 Å². The summed E-state index contributed by atoms with van der Waals surface area (Å²) in [6.45, 7) is 2.23. The van der Waals surface area contributed by atoms with Crippen molar-refractivity contribution in [3.05, 3.63) is 85.1 Å². The molecule has 15 nitrogen and oxygen atoms in total. The van der Waals surface area contributed by atoms with Crippen LogP contribution in [0.1, 0.15) is 117 Å². The van der Waals surface area contributed by atoms with Gasteiger partial charge in [-0.2, -0.15) is 0 Å². The highest BCUT2D eigenvalue weighted by Gasteiger charge is 2.47. The lowest BCUT2D eigenvalue weighted by Crippen LogP contribution is -2.61. The Bertz CT molecular complexity index is 1440. The number of unbranched alkanes of at least 4 members (excludes halogenated alkanes) is 10. The molecule has 11 atom stereocenters. The van der Waals surface area contributed by atoms with Crippen molar-refractivity contribution in [1.82, 2.24) is 0 Å². The van der Waals surface area contributed by atoms with E-state index in [1.165, 1.54) is 0 Å². The van der Waals surface area contributed by atoms with Crippen molar-refractivity contribution >= 4 is 11.9 Å². The smallest absolute Gasteiger partial charge is 0.306 e. The fourth-order valence-corrected chi connectivity index (χ4v) is 6.70. The van der Waals surface area contributed by atoms with E-state index >= 15 is 0 Å². The van der Waals surface area contributed by atoms with Crippen molar-refractivity contribution in [2.24, 2.45) is 0 Å². The Morgan fingerprint density at radius 3 is 1.47 bits per heavy atom. The molecule has 0 aliphatic carbocycles. The lowest BCUT2D eigenvalue weighted by molar-refractivity contribution is -0.332. The van der Waals surface area contributed by atoms with Crippen LogP contribution in [0.3, 0.4) is 0 Å². The Morgan fingerprint density at radius 1 is 0.500 bits per heavy atom. The molecule has 2 aliphatic rings. The molecule has 2 aliphatic heterocycles. The van der Waals surface area contributed by atoms with Gasteiger partial charge < -0.3 is 64.2 Å². The third-order valence-electron chi connectivity index (χ3n) is 10.5. The molecule has 2 fully saturated rings. The Kier molecular flexibility index (Phi) is 31.8. The number of carbonyl (C=O) groups excluding carboxylic acids is 2. The molecule has 0 aromatic rings. The van der Waals surface area contributed by atoms with Crippen LogP contribution in [-0.2, 0) is 38.0 Å². The Labute approximate surface area is 380 Å². The van der Waals surface area contributed by atoms with E-state index in [0.717, 1.165) is 77.0 Å². The molecule has 2 saturated heterocycles. The predicted octanol–water partition coefficient (Wildman–Crippen LogP) is 5.26. The van der Waals surface area contributed by atoms with E-state index < -0.39 is 99.3 Å². The van der Waals surface area contributed by atoms with Gasteiger partial charge in [0.2, 0.25) is 0 Å². The summed E-state index contributed by atoms with van der Waals surface area (Å²) < 4.78 is 33.4. The largest absolute Gasteiger partial charge is 0.462 e. The maximum atomic E-state index is 12.9. The van der Waals surface area contributed by atoms with E-state index in [0.29, 0.717) is 12.8 Å². The van der Waals surface area contributed by atoms with E-state index in [2.05, 4.69) is 38.2 Å². The summed E-state index contributed by atoms with van der Waals surface area (Å²) in [6, 6.07) is 0. The fourth-order valence-electron chi connectivity index (χ4n) is 6.70. The van der Waals surface area contributed by atoms with Crippen LogP contribution < -0.4 is 0 Å². The Hall–Kier alpha value is -3.32. The van der Waals surface area contributed by atoms with E-state index in [4.69, 9.17) is 28.4 Å². The second kappa shape index (κ2) is 35.9. The lowest BCUT2D eigenvalue weighted by Gasteiger charge is -2.42. The van der Waals surface area contributed by atoms with Crippen LogP contribution in [0, 0.1) is 0 Å². The molecule has 2 heterocycles. The average Bonchev–Trinajstić information content (AvgIpc) is 3.29. The Balaban J connectivity index is 1.87. The van der Waals surface area contributed by atoms with Gasteiger partial charge in [0, 0.05) is 12.8 Å². The van der Waals surface area contributed by atoms with Gasteiger partial charge in [0.1, 0.15) is 55.4 Å². The second-order valence-corrected chi connectivity index (χ2v) is 16.0. The fraction of sp³-hybridized carbons (Fsp3) is 0.673. The molecule has 5 unspecified atom stereocenters. The molecule has 0 aromatic heterocycles.